The number of ether oxygens (including phenoxy) is 2. The largest absolute Gasteiger partial charge is 0.461 e. The number of fused-ring (bicyclic) bond motifs is 1. The van der Waals surface area contributed by atoms with Crippen molar-refractivity contribution in [1.82, 2.24) is 14.9 Å². The van der Waals surface area contributed by atoms with Crippen LogP contribution in [0.1, 0.15) is 45.9 Å². The van der Waals surface area contributed by atoms with Crippen LogP contribution in [0, 0.1) is 0 Å². The molecule has 0 spiro atoms. The SMILES string of the molecule is CC(=O)O[C@@H]1C[C@@H](c2cnc3ccccc3n2)N(C(=O)OC(C)(C)C)C1. The molecule has 0 bridgehead atoms. The lowest BCUT2D eigenvalue weighted by Gasteiger charge is -2.28. The second kappa shape index (κ2) is 6.90. The third-order valence-electron chi connectivity index (χ3n) is 4.03. The number of carbonyl (C=O) groups is 2. The Kier molecular flexibility index (Phi) is 4.80. The molecule has 0 aliphatic carbocycles. The molecule has 0 radical (unpaired) electrons. The average Bonchev–Trinajstić information content (AvgIpc) is 2.96. The van der Waals surface area contributed by atoms with Crippen molar-refractivity contribution in [3.8, 4) is 0 Å². The Morgan fingerprint density at radius 2 is 1.88 bits per heavy atom. The number of rotatable bonds is 2. The van der Waals surface area contributed by atoms with E-state index < -0.39 is 17.8 Å². The van der Waals surface area contributed by atoms with E-state index in [2.05, 4.69) is 9.97 Å². The molecule has 1 fully saturated rings. The number of benzene rings is 1. The quantitative estimate of drug-likeness (QED) is 0.768. The number of nitrogens with zero attached hydrogens (tertiary/aromatic N) is 3. The van der Waals surface area contributed by atoms with Crippen molar-refractivity contribution in [1.29, 1.82) is 0 Å². The van der Waals surface area contributed by atoms with Gasteiger partial charge in [0.2, 0.25) is 0 Å². The topological polar surface area (TPSA) is 81.6 Å². The van der Waals surface area contributed by atoms with Crippen molar-refractivity contribution in [2.75, 3.05) is 6.54 Å². The number of likely N-dealkylation sites (tertiary alicyclic amines) is 1. The van der Waals surface area contributed by atoms with E-state index in [9.17, 15) is 9.59 Å². The van der Waals surface area contributed by atoms with Crippen molar-refractivity contribution in [2.24, 2.45) is 0 Å². The van der Waals surface area contributed by atoms with E-state index in [0.717, 1.165) is 11.0 Å². The predicted octanol–water partition coefficient (Wildman–Crippen LogP) is 3.24. The van der Waals surface area contributed by atoms with Gasteiger partial charge in [0.25, 0.3) is 0 Å². The van der Waals surface area contributed by atoms with Crippen LogP contribution in [0.3, 0.4) is 0 Å². The zero-order valence-electron chi connectivity index (χ0n) is 15.4. The molecule has 138 valence electrons. The number of carbonyl (C=O) groups excluding carboxylic acids is 2. The number of esters is 1. The van der Waals surface area contributed by atoms with Gasteiger partial charge >= 0.3 is 12.1 Å². The molecule has 3 rings (SSSR count). The van der Waals surface area contributed by atoms with Gasteiger partial charge in [0.15, 0.2) is 0 Å². The van der Waals surface area contributed by atoms with E-state index in [1.165, 1.54) is 6.92 Å². The van der Waals surface area contributed by atoms with Gasteiger partial charge in [-0.2, -0.15) is 0 Å². The third-order valence-corrected chi connectivity index (χ3v) is 4.03. The van der Waals surface area contributed by atoms with Crippen LogP contribution < -0.4 is 0 Å². The Morgan fingerprint density at radius 3 is 2.54 bits per heavy atom. The van der Waals surface area contributed by atoms with E-state index >= 15 is 0 Å². The van der Waals surface area contributed by atoms with Gasteiger partial charge in [0, 0.05) is 13.3 Å². The molecule has 0 unspecified atom stereocenters. The highest BCUT2D eigenvalue weighted by Crippen LogP contribution is 2.34. The van der Waals surface area contributed by atoms with Crippen molar-refractivity contribution in [3.63, 3.8) is 0 Å². The van der Waals surface area contributed by atoms with Crippen molar-refractivity contribution in [3.05, 3.63) is 36.2 Å². The van der Waals surface area contributed by atoms with Crippen LogP contribution in [0.5, 0.6) is 0 Å². The van der Waals surface area contributed by atoms with E-state index in [0.29, 0.717) is 12.1 Å². The summed E-state index contributed by atoms with van der Waals surface area (Å²) in [5.74, 6) is -0.371. The highest BCUT2D eigenvalue weighted by Gasteiger charge is 2.40. The Morgan fingerprint density at radius 1 is 1.19 bits per heavy atom. The first-order valence-electron chi connectivity index (χ1n) is 8.61. The number of hydrogen-bond acceptors (Lipinski definition) is 6. The van der Waals surface area contributed by atoms with Gasteiger partial charge in [0.1, 0.15) is 11.7 Å². The average molecular weight is 357 g/mol. The standard InChI is InChI=1S/C19H23N3O4/c1-12(23)25-13-9-17(22(11-13)18(24)26-19(2,3)4)16-10-20-14-7-5-6-8-15(14)21-16/h5-8,10,13,17H,9,11H2,1-4H3/t13-,17+/m1/s1. The van der Waals surface area contributed by atoms with E-state index in [1.807, 2.05) is 45.0 Å². The summed E-state index contributed by atoms with van der Waals surface area (Å²) in [6, 6.07) is 7.20. The fraction of sp³-hybridized carbons (Fsp3) is 0.474. The first-order valence-corrected chi connectivity index (χ1v) is 8.61. The Bertz CT molecular complexity index is 831. The molecule has 1 saturated heterocycles. The highest BCUT2D eigenvalue weighted by molar-refractivity contribution is 5.74. The van der Waals surface area contributed by atoms with Crippen molar-refractivity contribution in [2.45, 2.75) is 51.9 Å². The lowest BCUT2D eigenvalue weighted by molar-refractivity contribution is -0.145. The second-order valence-corrected chi connectivity index (χ2v) is 7.40. The van der Waals surface area contributed by atoms with Gasteiger partial charge in [0.05, 0.1) is 35.5 Å². The summed E-state index contributed by atoms with van der Waals surface area (Å²) in [4.78, 5) is 34.6. The molecule has 7 nitrogen and oxygen atoms in total. The molecule has 1 aliphatic rings. The Balaban J connectivity index is 1.91. The number of para-hydroxylation sites is 2. The van der Waals surface area contributed by atoms with Crippen LogP contribution in [-0.4, -0.2) is 45.2 Å². The van der Waals surface area contributed by atoms with Crippen LogP contribution in [0.4, 0.5) is 4.79 Å². The van der Waals surface area contributed by atoms with Crippen LogP contribution in [0.25, 0.3) is 11.0 Å². The Labute approximate surface area is 152 Å². The minimum atomic E-state index is -0.615. The number of aromatic nitrogens is 2. The minimum Gasteiger partial charge on any atom is -0.461 e. The fourth-order valence-corrected chi connectivity index (χ4v) is 3.05. The maximum atomic E-state index is 12.7. The molecule has 0 saturated carbocycles. The van der Waals surface area contributed by atoms with E-state index in [-0.39, 0.29) is 18.6 Å². The number of amides is 1. The Hall–Kier alpha value is -2.70. The molecular formula is C19H23N3O4. The molecule has 7 heteroatoms. The summed E-state index contributed by atoms with van der Waals surface area (Å²) in [5.41, 5.74) is 1.58. The van der Waals surface area contributed by atoms with Crippen LogP contribution >= 0.6 is 0 Å². The van der Waals surface area contributed by atoms with Gasteiger partial charge in [-0.15, -0.1) is 0 Å². The molecule has 2 atom stereocenters. The molecule has 1 amide bonds. The molecule has 2 aromatic rings. The third kappa shape index (κ3) is 4.09. The summed E-state index contributed by atoms with van der Waals surface area (Å²) in [5, 5.41) is 0. The zero-order chi connectivity index (χ0) is 18.9. The molecule has 1 aliphatic heterocycles. The lowest BCUT2D eigenvalue weighted by atomic mass is 10.1. The first kappa shape index (κ1) is 18.1. The highest BCUT2D eigenvalue weighted by atomic mass is 16.6. The van der Waals surface area contributed by atoms with Gasteiger partial charge < -0.3 is 9.47 Å². The minimum absolute atomic E-state index is 0.271. The first-order chi connectivity index (χ1) is 12.2. The van der Waals surface area contributed by atoms with Crippen molar-refractivity contribution < 1.29 is 19.1 Å². The molecule has 2 heterocycles. The predicted molar refractivity (Wildman–Crippen MR) is 95.4 cm³/mol. The smallest absolute Gasteiger partial charge is 0.410 e. The zero-order valence-corrected chi connectivity index (χ0v) is 15.4. The van der Waals surface area contributed by atoms with Crippen LogP contribution in [-0.2, 0) is 14.3 Å². The normalized spacial score (nSPS) is 20.2. The monoisotopic (exact) mass is 357 g/mol. The maximum Gasteiger partial charge on any atom is 0.410 e. The molecule has 1 aromatic heterocycles. The van der Waals surface area contributed by atoms with E-state index in [4.69, 9.17) is 9.47 Å². The van der Waals surface area contributed by atoms with Gasteiger partial charge in [-0.3, -0.25) is 14.7 Å². The summed E-state index contributed by atoms with van der Waals surface area (Å²) < 4.78 is 10.8. The molecular weight excluding hydrogens is 334 g/mol. The van der Waals surface area contributed by atoms with Crippen molar-refractivity contribution >= 4 is 23.1 Å². The molecule has 0 N–H and O–H groups in total. The van der Waals surface area contributed by atoms with Crippen LogP contribution in [0.2, 0.25) is 0 Å². The van der Waals surface area contributed by atoms with Crippen LogP contribution in [0.15, 0.2) is 30.5 Å². The van der Waals surface area contributed by atoms with Gasteiger partial charge in [-0.1, -0.05) is 12.1 Å². The summed E-state index contributed by atoms with van der Waals surface area (Å²) in [7, 11) is 0. The molecule has 1 aromatic carbocycles. The number of hydrogen-bond donors (Lipinski definition) is 0. The van der Waals surface area contributed by atoms with Gasteiger partial charge in [-0.05, 0) is 32.9 Å². The molecule has 26 heavy (non-hydrogen) atoms. The lowest BCUT2D eigenvalue weighted by Crippen LogP contribution is -2.37. The summed E-state index contributed by atoms with van der Waals surface area (Å²) >= 11 is 0. The van der Waals surface area contributed by atoms with Gasteiger partial charge in [-0.25, -0.2) is 9.78 Å². The summed E-state index contributed by atoms with van der Waals surface area (Å²) in [6.45, 7) is 7.08. The maximum absolute atomic E-state index is 12.7. The second-order valence-electron chi connectivity index (χ2n) is 7.40. The van der Waals surface area contributed by atoms with E-state index in [1.54, 1.807) is 11.1 Å². The fourth-order valence-electron chi connectivity index (χ4n) is 3.05. The summed E-state index contributed by atoms with van der Waals surface area (Å²) in [6.07, 6.45) is 1.29.